The number of carbonyl (C=O) groups is 1. The minimum atomic E-state index is 0.451. The zero-order chi connectivity index (χ0) is 20.8. The second-order valence-electron chi connectivity index (χ2n) is 6.49. The van der Waals surface area contributed by atoms with Gasteiger partial charge in [0, 0.05) is 40.2 Å². The zero-order valence-electron chi connectivity index (χ0n) is 17.4. The molecule has 0 aromatic heterocycles. The molecule has 152 valence electrons. The molecule has 1 rings (SSSR count). The maximum absolute atomic E-state index is 10.6. The fourth-order valence-corrected chi connectivity index (χ4v) is 3.18. The van der Waals surface area contributed by atoms with Crippen LogP contribution < -0.4 is 9.64 Å². The Morgan fingerprint density at radius 2 is 1.79 bits per heavy atom. The second kappa shape index (κ2) is 13.9. The third kappa shape index (κ3) is 8.66. The molecule has 0 radical (unpaired) electrons. The molecule has 1 aromatic rings. The van der Waals surface area contributed by atoms with Crippen molar-refractivity contribution in [2.24, 2.45) is 0 Å². The number of ether oxygens (including phenoxy) is 1. The van der Waals surface area contributed by atoms with E-state index in [4.69, 9.17) is 4.74 Å². The van der Waals surface area contributed by atoms with Gasteiger partial charge in [-0.15, -0.1) is 0 Å². The van der Waals surface area contributed by atoms with E-state index >= 15 is 0 Å². The van der Waals surface area contributed by atoms with E-state index < -0.39 is 0 Å². The largest absolute Gasteiger partial charge is 0.496 e. The van der Waals surface area contributed by atoms with E-state index in [1.54, 1.807) is 7.11 Å². The second-order valence-corrected chi connectivity index (χ2v) is 7.74. The Bertz CT molecular complexity index is 699. The van der Waals surface area contributed by atoms with E-state index in [1.165, 1.54) is 43.1 Å². The van der Waals surface area contributed by atoms with Crippen molar-refractivity contribution in [2.75, 3.05) is 25.1 Å². The molecular weight excluding hydrogens is 366 g/mol. The quantitative estimate of drug-likeness (QED) is 0.199. The number of unbranched alkanes of at least 4 members (excludes halogenated alkanes) is 2. The van der Waals surface area contributed by atoms with E-state index in [0.29, 0.717) is 4.91 Å². The van der Waals surface area contributed by atoms with Crippen LogP contribution in [0.1, 0.15) is 45.1 Å². The van der Waals surface area contributed by atoms with Crippen molar-refractivity contribution in [3.05, 3.63) is 65.0 Å². The molecular formula is C24H33NO2S. The van der Waals surface area contributed by atoms with Crippen LogP contribution in [0.5, 0.6) is 5.75 Å². The number of nitrogens with zero attached hydrogens (tertiary/aromatic N) is 1. The molecule has 0 bridgehead atoms. The molecule has 0 atom stereocenters. The summed E-state index contributed by atoms with van der Waals surface area (Å²) in [5.41, 5.74) is 2.24. The van der Waals surface area contributed by atoms with E-state index in [2.05, 4.69) is 50.1 Å². The van der Waals surface area contributed by atoms with Crippen LogP contribution in [0.25, 0.3) is 6.08 Å². The van der Waals surface area contributed by atoms with Gasteiger partial charge in [0.1, 0.15) is 5.75 Å². The summed E-state index contributed by atoms with van der Waals surface area (Å²) < 4.78 is 5.62. The van der Waals surface area contributed by atoms with Gasteiger partial charge >= 0.3 is 0 Å². The molecule has 0 aliphatic carbocycles. The van der Waals surface area contributed by atoms with Crippen LogP contribution in [-0.4, -0.2) is 26.5 Å². The summed E-state index contributed by atoms with van der Waals surface area (Å²) in [4.78, 5) is 14.3. The van der Waals surface area contributed by atoms with Crippen LogP contribution in [0.4, 0.5) is 5.69 Å². The molecule has 0 heterocycles. The number of anilines is 1. The molecule has 1 aromatic carbocycles. The summed E-state index contributed by atoms with van der Waals surface area (Å²) in [7, 11) is 1.71. The van der Waals surface area contributed by atoms with Crippen LogP contribution >= 0.6 is 11.8 Å². The zero-order valence-corrected chi connectivity index (χ0v) is 18.3. The number of hydrogen-bond donors (Lipinski definition) is 0. The summed E-state index contributed by atoms with van der Waals surface area (Å²) in [6.07, 6.45) is 13.2. The topological polar surface area (TPSA) is 29.5 Å². The number of benzene rings is 1. The highest BCUT2D eigenvalue weighted by atomic mass is 32.2. The molecule has 0 aliphatic rings. The third-order valence-electron chi connectivity index (χ3n) is 4.21. The van der Waals surface area contributed by atoms with Crippen molar-refractivity contribution in [1.82, 2.24) is 0 Å². The predicted molar refractivity (Wildman–Crippen MR) is 125 cm³/mol. The molecule has 0 unspecified atom stereocenters. The average Bonchev–Trinajstić information content (AvgIpc) is 2.71. The lowest BCUT2D eigenvalue weighted by Gasteiger charge is -2.25. The van der Waals surface area contributed by atoms with E-state index in [9.17, 15) is 4.79 Å². The smallest absolute Gasteiger partial charge is 0.156 e. The molecule has 0 fully saturated rings. The van der Waals surface area contributed by atoms with Crippen molar-refractivity contribution < 1.29 is 9.53 Å². The number of carbonyl (C=O) groups excluding carboxylic acids is 1. The molecule has 3 nitrogen and oxygen atoms in total. The maximum atomic E-state index is 10.6. The third-order valence-corrected chi connectivity index (χ3v) is 4.96. The Morgan fingerprint density at radius 1 is 1.11 bits per heavy atom. The molecule has 0 N–H and O–H groups in total. The van der Waals surface area contributed by atoms with E-state index in [1.807, 2.05) is 24.3 Å². The monoisotopic (exact) mass is 399 g/mol. The fraction of sp³-hybridized carbons (Fsp3) is 0.375. The van der Waals surface area contributed by atoms with E-state index in [-0.39, 0.29) is 0 Å². The average molecular weight is 400 g/mol. The molecule has 0 saturated carbocycles. The molecule has 4 heteroatoms. The Kier molecular flexibility index (Phi) is 11.8. The van der Waals surface area contributed by atoms with Gasteiger partial charge in [-0.05, 0) is 31.1 Å². The van der Waals surface area contributed by atoms with Crippen LogP contribution in [-0.2, 0) is 4.79 Å². The lowest BCUT2D eigenvalue weighted by molar-refractivity contribution is -0.104. The number of hydrogen-bond acceptors (Lipinski definition) is 4. The minimum absolute atomic E-state index is 0.451. The van der Waals surface area contributed by atoms with Gasteiger partial charge < -0.3 is 9.64 Å². The standard InChI is InChI=1S/C24H33NO2S/c1-6-8-16-25(17-9-7-2)23-15-14-22(24(18-23)27-5)13-11-10-12-20(3)28-21(4)19-26/h10-15,18-19H,3-4,6-9,16-17H2,1-2,5H3/b12-10+,13-11+. The summed E-state index contributed by atoms with van der Waals surface area (Å²) in [6, 6.07) is 6.39. The normalized spacial score (nSPS) is 11.1. The van der Waals surface area contributed by atoms with Crippen LogP contribution in [0.3, 0.4) is 0 Å². The highest BCUT2D eigenvalue weighted by molar-refractivity contribution is 8.07. The van der Waals surface area contributed by atoms with Crippen LogP contribution in [0.15, 0.2) is 59.4 Å². The Labute approximate surface area is 174 Å². The Morgan fingerprint density at radius 3 is 2.36 bits per heavy atom. The van der Waals surface area contributed by atoms with Crippen molar-refractivity contribution in [2.45, 2.75) is 39.5 Å². The summed E-state index contributed by atoms with van der Waals surface area (Å²) in [5, 5.41) is 0. The van der Waals surface area contributed by atoms with Crippen molar-refractivity contribution in [3.63, 3.8) is 0 Å². The summed E-state index contributed by atoms with van der Waals surface area (Å²) in [6.45, 7) is 14.1. The summed E-state index contributed by atoms with van der Waals surface area (Å²) >= 11 is 1.26. The summed E-state index contributed by atoms with van der Waals surface area (Å²) in [5.74, 6) is 0.864. The van der Waals surface area contributed by atoms with E-state index in [0.717, 1.165) is 35.6 Å². The SMILES string of the molecule is C=C(C=O)SC(=C)/C=C/C=C/c1ccc(N(CCCC)CCCC)cc1OC. The van der Waals surface area contributed by atoms with Gasteiger partial charge in [-0.25, -0.2) is 0 Å². The van der Waals surface area contributed by atoms with Gasteiger partial charge in [0.2, 0.25) is 0 Å². The first-order valence-electron chi connectivity index (χ1n) is 9.84. The molecule has 0 spiro atoms. The van der Waals surface area contributed by atoms with Crippen molar-refractivity contribution >= 4 is 29.8 Å². The highest BCUT2D eigenvalue weighted by Gasteiger charge is 2.09. The van der Waals surface area contributed by atoms with Gasteiger partial charge in [-0.3, -0.25) is 4.79 Å². The van der Waals surface area contributed by atoms with Crippen LogP contribution in [0.2, 0.25) is 0 Å². The van der Waals surface area contributed by atoms with Crippen LogP contribution in [0, 0.1) is 0 Å². The first-order valence-corrected chi connectivity index (χ1v) is 10.7. The van der Waals surface area contributed by atoms with Gasteiger partial charge in [0.05, 0.1) is 7.11 Å². The van der Waals surface area contributed by atoms with Gasteiger partial charge in [-0.2, -0.15) is 0 Å². The minimum Gasteiger partial charge on any atom is -0.496 e. The maximum Gasteiger partial charge on any atom is 0.156 e. The fourth-order valence-electron chi connectivity index (χ4n) is 2.65. The number of methoxy groups -OCH3 is 1. The number of allylic oxidation sites excluding steroid dienone is 4. The number of rotatable bonds is 14. The first kappa shape index (κ1) is 23.8. The molecule has 0 amide bonds. The number of thioether (sulfide) groups is 1. The lowest BCUT2D eigenvalue weighted by atomic mass is 10.1. The molecule has 28 heavy (non-hydrogen) atoms. The van der Waals surface area contributed by atoms with Crippen molar-refractivity contribution in [3.8, 4) is 5.75 Å². The molecule has 0 saturated heterocycles. The van der Waals surface area contributed by atoms with Gasteiger partial charge in [0.15, 0.2) is 6.29 Å². The number of aldehydes is 1. The van der Waals surface area contributed by atoms with Gasteiger partial charge in [0.25, 0.3) is 0 Å². The first-order chi connectivity index (χ1) is 13.5. The predicted octanol–water partition coefficient (Wildman–Crippen LogP) is 6.63. The highest BCUT2D eigenvalue weighted by Crippen LogP contribution is 2.28. The lowest BCUT2D eigenvalue weighted by Crippen LogP contribution is -2.25. The van der Waals surface area contributed by atoms with Crippen molar-refractivity contribution in [1.29, 1.82) is 0 Å². The Balaban J connectivity index is 2.86. The molecule has 0 aliphatic heterocycles. The van der Waals surface area contributed by atoms with Gasteiger partial charge in [-0.1, -0.05) is 69.8 Å². The Hall–Kier alpha value is -2.20.